The molecule has 16 heavy (non-hydrogen) atoms. The van der Waals surface area contributed by atoms with Gasteiger partial charge in [-0.15, -0.1) is 0 Å². The van der Waals surface area contributed by atoms with Crippen LogP contribution < -0.4 is 10.6 Å². The molecule has 2 rings (SSSR count). The van der Waals surface area contributed by atoms with Gasteiger partial charge < -0.3 is 10.6 Å². The number of halogens is 2. The lowest BCUT2D eigenvalue weighted by molar-refractivity contribution is 0.599. The van der Waals surface area contributed by atoms with Crippen molar-refractivity contribution in [3.05, 3.63) is 22.6 Å². The van der Waals surface area contributed by atoms with Gasteiger partial charge in [0.15, 0.2) is 11.6 Å². The highest BCUT2D eigenvalue weighted by atomic mass is 79.9. The van der Waals surface area contributed by atoms with Crippen molar-refractivity contribution in [3.63, 3.8) is 0 Å². The number of nitrogens with one attached hydrogen (secondary N) is 2. The SMILES string of the molecule is Fc1cc(Br)cnc1NC1CCCCNC1. The predicted octanol–water partition coefficient (Wildman–Crippen LogP) is 2.54. The normalized spacial score (nSPS) is 21.5. The van der Waals surface area contributed by atoms with Crippen molar-refractivity contribution in [2.45, 2.75) is 25.3 Å². The van der Waals surface area contributed by atoms with Gasteiger partial charge in [0.1, 0.15) is 0 Å². The van der Waals surface area contributed by atoms with E-state index in [9.17, 15) is 4.39 Å². The largest absolute Gasteiger partial charge is 0.364 e. The van der Waals surface area contributed by atoms with Crippen LogP contribution in [-0.2, 0) is 0 Å². The number of anilines is 1. The van der Waals surface area contributed by atoms with Crippen LogP contribution in [0, 0.1) is 5.82 Å². The molecule has 0 bridgehead atoms. The molecule has 2 heterocycles. The zero-order valence-electron chi connectivity index (χ0n) is 8.97. The monoisotopic (exact) mass is 287 g/mol. The fraction of sp³-hybridized carbons (Fsp3) is 0.545. The number of pyridine rings is 1. The molecule has 1 saturated heterocycles. The molecule has 0 aliphatic carbocycles. The van der Waals surface area contributed by atoms with Gasteiger partial charge in [-0.3, -0.25) is 0 Å². The summed E-state index contributed by atoms with van der Waals surface area (Å²) in [5.41, 5.74) is 0. The molecule has 2 N–H and O–H groups in total. The van der Waals surface area contributed by atoms with Crippen molar-refractivity contribution in [2.75, 3.05) is 18.4 Å². The molecule has 0 aromatic carbocycles. The van der Waals surface area contributed by atoms with E-state index < -0.39 is 0 Å². The van der Waals surface area contributed by atoms with Crippen LogP contribution in [-0.4, -0.2) is 24.1 Å². The molecule has 0 saturated carbocycles. The summed E-state index contributed by atoms with van der Waals surface area (Å²) < 4.78 is 14.2. The van der Waals surface area contributed by atoms with E-state index in [1.807, 2.05) is 0 Å². The zero-order valence-corrected chi connectivity index (χ0v) is 10.6. The van der Waals surface area contributed by atoms with Gasteiger partial charge in [-0.25, -0.2) is 9.37 Å². The molecule has 1 atom stereocenters. The highest BCUT2D eigenvalue weighted by molar-refractivity contribution is 9.10. The minimum Gasteiger partial charge on any atom is -0.364 e. The first-order valence-corrected chi connectivity index (χ1v) is 6.33. The van der Waals surface area contributed by atoms with Gasteiger partial charge in [0.2, 0.25) is 0 Å². The zero-order chi connectivity index (χ0) is 11.4. The summed E-state index contributed by atoms with van der Waals surface area (Å²) in [7, 11) is 0. The third kappa shape index (κ3) is 3.15. The minimum atomic E-state index is -0.307. The van der Waals surface area contributed by atoms with Crippen molar-refractivity contribution in [3.8, 4) is 0 Å². The standard InChI is InChI=1S/C11H15BrFN3/c12-8-5-10(13)11(15-6-8)16-9-3-1-2-4-14-7-9/h5-6,9,14H,1-4,7H2,(H,15,16). The van der Waals surface area contributed by atoms with Gasteiger partial charge in [0, 0.05) is 23.3 Å². The summed E-state index contributed by atoms with van der Waals surface area (Å²) in [6, 6.07) is 1.70. The van der Waals surface area contributed by atoms with Crippen LogP contribution in [0.25, 0.3) is 0 Å². The lowest BCUT2D eigenvalue weighted by atomic mass is 10.1. The van der Waals surface area contributed by atoms with Crippen LogP contribution in [0.3, 0.4) is 0 Å². The molecule has 0 radical (unpaired) electrons. The fourth-order valence-electron chi connectivity index (χ4n) is 1.86. The Morgan fingerprint density at radius 1 is 1.50 bits per heavy atom. The van der Waals surface area contributed by atoms with Crippen LogP contribution in [0.4, 0.5) is 10.2 Å². The number of rotatable bonds is 2. The average Bonchev–Trinajstić information content (AvgIpc) is 2.51. The van der Waals surface area contributed by atoms with Crippen molar-refractivity contribution in [1.82, 2.24) is 10.3 Å². The maximum Gasteiger partial charge on any atom is 0.166 e. The molecule has 1 unspecified atom stereocenters. The Hall–Kier alpha value is -0.680. The second-order valence-electron chi connectivity index (χ2n) is 4.03. The summed E-state index contributed by atoms with van der Waals surface area (Å²) in [5, 5.41) is 6.47. The first-order valence-electron chi connectivity index (χ1n) is 5.54. The van der Waals surface area contributed by atoms with E-state index in [0.29, 0.717) is 10.3 Å². The smallest absolute Gasteiger partial charge is 0.166 e. The number of nitrogens with zero attached hydrogens (tertiary/aromatic N) is 1. The number of hydrogen-bond donors (Lipinski definition) is 2. The molecule has 1 fully saturated rings. The maximum absolute atomic E-state index is 13.5. The third-order valence-electron chi connectivity index (χ3n) is 2.70. The molecular weight excluding hydrogens is 273 g/mol. The summed E-state index contributed by atoms with van der Waals surface area (Å²) in [4.78, 5) is 4.04. The quantitative estimate of drug-likeness (QED) is 0.878. The highest BCUT2D eigenvalue weighted by Crippen LogP contribution is 2.18. The molecular formula is C11H15BrFN3. The third-order valence-corrected chi connectivity index (χ3v) is 3.13. The summed E-state index contributed by atoms with van der Waals surface area (Å²) in [5.74, 6) is 0.0375. The number of hydrogen-bond acceptors (Lipinski definition) is 3. The van der Waals surface area contributed by atoms with Crippen LogP contribution >= 0.6 is 15.9 Å². The predicted molar refractivity (Wildman–Crippen MR) is 66.0 cm³/mol. The Morgan fingerprint density at radius 3 is 3.19 bits per heavy atom. The van der Waals surface area contributed by atoms with E-state index in [1.54, 1.807) is 6.20 Å². The van der Waals surface area contributed by atoms with E-state index in [-0.39, 0.29) is 11.9 Å². The molecule has 1 aromatic rings. The van der Waals surface area contributed by atoms with Crippen LogP contribution in [0.2, 0.25) is 0 Å². The van der Waals surface area contributed by atoms with Gasteiger partial charge in [-0.2, -0.15) is 0 Å². The summed E-state index contributed by atoms with van der Waals surface area (Å²) >= 11 is 3.19. The Balaban J connectivity index is 2.01. The fourth-order valence-corrected chi connectivity index (χ4v) is 2.16. The molecule has 0 amide bonds. The van der Waals surface area contributed by atoms with Crippen molar-refractivity contribution >= 4 is 21.7 Å². The molecule has 0 spiro atoms. The molecule has 88 valence electrons. The van der Waals surface area contributed by atoms with Crippen LogP contribution in [0.1, 0.15) is 19.3 Å². The minimum absolute atomic E-state index is 0.269. The molecule has 3 nitrogen and oxygen atoms in total. The summed E-state index contributed by atoms with van der Waals surface area (Å²) in [6.07, 6.45) is 5.02. The second kappa shape index (κ2) is 5.59. The van der Waals surface area contributed by atoms with Crippen molar-refractivity contribution < 1.29 is 4.39 Å². The Morgan fingerprint density at radius 2 is 2.38 bits per heavy atom. The first kappa shape index (κ1) is 11.8. The first-order chi connectivity index (χ1) is 7.75. The van der Waals surface area contributed by atoms with E-state index in [1.165, 1.54) is 18.9 Å². The molecule has 1 aliphatic rings. The maximum atomic E-state index is 13.5. The van der Waals surface area contributed by atoms with Gasteiger partial charge in [-0.05, 0) is 41.4 Å². The van der Waals surface area contributed by atoms with Gasteiger partial charge >= 0.3 is 0 Å². The number of aromatic nitrogens is 1. The van der Waals surface area contributed by atoms with E-state index in [2.05, 4.69) is 31.5 Å². The van der Waals surface area contributed by atoms with Gasteiger partial charge in [0.25, 0.3) is 0 Å². The van der Waals surface area contributed by atoms with Crippen LogP contribution in [0.15, 0.2) is 16.7 Å². The lowest BCUT2D eigenvalue weighted by Gasteiger charge is -2.17. The van der Waals surface area contributed by atoms with E-state index in [4.69, 9.17) is 0 Å². The van der Waals surface area contributed by atoms with Crippen LogP contribution in [0.5, 0.6) is 0 Å². The van der Waals surface area contributed by atoms with E-state index in [0.717, 1.165) is 19.5 Å². The average molecular weight is 288 g/mol. The second-order valence-corrected chi connectivity index (χ2v) is 4.94. The molecule has 5 heteroatoms. The Kier molecular flexibility index (Phi) is 4.12. The lowest BCUT2D eigenvalue weighted by Crippen LogP contribution is -2.31. The summed E-state index contributed by atoms with van der Waals surface area (Å²) in [6.45, 7) is 1.92. The Labute approximate surface area is 103 Å². The highest BCUT2D eigenvalue weighted by Gasteiger charge is 2.14. The molecule has 1 aliphatic heterocycles. The van der Waals surface area contributed by atoms with E-state index >= 15 is 0 Å². The van der Waals surface area contributed by atoms with Gasteiger partial charge in [-0.1, -0.05) is 6.42 Å². The Bertz CT molecular complexity index is 351. The van der Waals surface area contributed by atoms with Crippen molar-refractivity contribution in [1.29, 1.82) is 0 Å². The van der Waals surface area contributed by atoms with Gasteiger partial charge in [0.05, 0.1) is 0 Å². The van der Waals surface area contributed by atoms with Crippen molar-refractivity contribution in [2.24, 2.45) is 0 Å². The topological polar surface area (TPSA) is 37.0 Å². The molecule has 1 aromatic heterocycles.